The SMILES string of the molecule is CCSC[C@H](N)c1ncc(-c2ccccc2)n1C. The molecule has 0 amide bonds. The smallest absolute Gasteiger partial charge is 0.126 e. The van der Waals surface area contributed by atoms with Crippen molar-refractivity contribution in [3.63, 3.8) is 0 Å². The second-order valence-electron chi connectivity index (χ2n) is 4.19. The Bertz CT molecular complexity index is 493. The lowest BCUT2D eigenvalue weighted by molar-refractivity contribution is 0.697. The highest BCUT2D eigenvalue weighted by molar-refractivity contribution is 7.99. The Morgan fingerprint density at radius 3 is 2.72 bits per heavy atom. The number of thioether (sulfide) groups is 1. The molecule has 96 valence electrons. The number of benzene rings is 1. The Kier molecular flexibility index (Phi) is 4.44. The van der Waals surface area contributed by atoms with Crippen LogP contribution in [0, 0.1) is 0 Å². The lowest BCUT2D eigenvalue weighted by atomic mass is 10.2. The van der Waals surface area contributed by atoms with Gasteiger partial charge in [-0.3, -0.25) is 0 Å². The summed E-state index contributed by atoms with van der Waals surface area (Å²) in [5.41, 5.74) is 8.46. The second-order valence-corrected chi connectivity index (χ2v) is 5.51. The molecule has 0 aliphatic carbocycles. The molecule has 0 radical (unpaired) electrons. The molecule has 0 fully saturated rings. The number of rotatable bonds is 5. The molecule has 0 spiro atoms. The van der Waals surface area contributed by atoms with E-state index in [9.17, 15) is 0 Å². The average molecular weight is 261 g/mol. The van der Waals surface area contributed by atoms with Gasteiger partial charge in [-0.25, -0.2) is 4.98 Å². The topological polar surface area (TPSA) is 43.8 Å². The first-order chi connectivity index (χ1) is 8.74. The number of hydrogen-bond acceptors (Lipinski definition) is 3. The zero-order valence-electron chi connectivity index (χ0n) is 10.8. The monoisotopic (exact) mass is 261 g/mol. The minimum absolute atomic E-state index is 0.00240. The molecule has 0 saturated carbocycles. The van der Waals surface area contributed by atoms with Crippen LogP contribution in [0.15, 0.2) is 36.5 Å². The van der Waals surface area contributed by atoms with E-state index in [1.165, 1.54) is 5.56 Å². The van der Waals surface area contributed by atoms with Crippen LogP contribution in [0.25, 0.3) is 11.3 Å². The summed E-state index contributed by atoms with van der Waals surface area (Å²) in [6.45, 7) is 2.14. The van der Waals surface area contributed by atoms with Gasteiger partial charge in [-0.05, 0) is 11.3 Å². The number of hydrogen-bond donors (Lipinski definition) is 1. The largest absolute Gasteiger partial charge is 0.330 e. The minimum Gasteiger partial charge on any atom is -0.330 e. The van der Waals surface area contributed by atoms with Gasteiger partial charge in [0.15, 0.2) is 0 Å². The van der Waals surface area contributed by atoms with Gasteiger partial charge in [0, 0.05) is 12.8 Å². The number of imidazole rings is 1. The van der Waals surface area contributed by atoms with Crippen molar-refractivity contribution in [3.8, 4) is 11.3 Å². The molecule has 0 aliphatic rings. The summed E-state index contributed by atoms with van der Waals surface area (Å²) in [6, 6.07) is 10.3. The van der Waals surface area contributed by atoms with E-state index in [0.717, 1.165) is 23.0 Å². The van der Waals surface area contributed by atoms with Crippen molar-refractivity contribution in [1.29, 1.82) is 0 Å². The number of nitrogens with zero attached hydrogens (tertiary/aromatic N) is 2. The predicted octanol–water partition coefficient (Wildman–Crippen LogP) is 2.84. The molecule has 0 bridgehead atoms. The summed E-state index contributed by atoms with van der Waals surface area (Å²) in [5.74, 6) is 2.95. The fraction of sp³-hybridized carbons (Fsp3) is 0.357. The summed E-state index contributed by atoms with van der Waals surface area (Å²) in [7, 11) is 2.03. The third-order valence-corrected chi connectivity index (χ3v) is 3.93. The molecule has 1 aromatic heterocycles. The third-order valence-electron chi connectivity index (χ3n) is 2.93. The Balaban J connectivity index is 2.24. The summed E-state index contributed by atoms with van der Waals surface area (Å²) in [4.78, 5) is 4.47. The molecular weight excluding hydrogens is 242 g/mol. The van der Waals surface area contributed by atoms with Gasteiger partial charge >= 0.3 is 0 Å². The highest BCUT2D eigenvalue weighted by Crippen LogP contribution is 2.22. The molecule has 18 heavy (non-hydrogen) atoms. The number of nitrogens with two attached hydrogens (primary N) is 1. The molecule has 3 nitrogen and oxygen atoms in total. The van der Waals surface area contributed by atoms with Gasteiger partial charge in [-0.2, -0.15) is 11.8 Å². The Labute approximate surface area is 112 Å². The quantitative estimate of drug-likeness (QED) is 0.900. The van der Waals surface area contributed by atoms with E-state index in [1.54, 1.807) is 0 Å². The Morgan fingerprint density at radius 2 is 2.06 bits per heavy atom. The summed E-state index contributed by atoms with van der Waals surface area (Å²) in [5, 5.41) is 0. The van der Waals surface area contributed by atoms with Gasteiger partial charge in [-0.1, -0.05) is 37.3 Å². The average Bonchev–Trinajstić information content (AvgIpc) is 2.79. The van der Waals surface area contributed by atoms with Crippen LogP contribution in [0.1, 0.15) is 18.8 Å². The van der Waals surface area contributed by atoms with E-state index in [2.05, 4.69) is 28.6 Å². The van der Waals surface area contributed by atoms with Gasteiger partial charge in [-0.15, -0.1) is 0 Å². The first-order valence-corrected chi connectivity index (χ1v) is 7.30. The molecule has 4 heteroatoms. The van der Waals surface area contributed by atoms with Crippen molar-refractivity contribution in [2.45, 2.75) is 13.0 Å². The summed E-state index contributed by atoms with van der Waals surface area (Å²) < 4.78 is 2.09. The first kappa shape index (κ1) is 13.2. The normalized spacial score (nSPS) is 12.6. The van der Waals surface area contributed by atoms with Gasteiger partial charge < -0.3 is 10.3 Å². The van der Waals surface area contributed by atoms with Gasteiger partial charge in [0.25, 0.3) is 0 Å². The highest BCUT2D eigenvalue weighted by atomic mass is 32.2. The standard InChI is InChI=1S/C14H19N3S/c1-3-18-10-12(15)14-16-9-13(17(14)2)11-7-5-4-6-8-11/h4-9,12H,3,10,15H2,1-2H3/t12-/m0/s1. The van der Waals surface area contributed by atoms with Crippen LogP contribution in [0.4, 0.5) is 0 Å². The lowest BCUT2D eigenvalue weighted by Gasteiger charge is -2.12. The zero-order valence-corrected chi connectivity index (χ0v) is 11.7. The van der Waals surface area contributed by atoms with Crippen molar-refractivity contribution in [2.24, 2.45) is 12.8 Å². The molecule has 0 saturated heterocycles. The molecule has 1 heterocycles. The summed E-state index contributed by atoms with van der Waals surface area (Å²) in [6.07, 6.45) is 1.90. The van der Waals surface area contributed by atoms with Crippen LogP contribution in [0.2, 0.25) is 0 Å². The fourth-order valence-electron chi connectivity index (χ4n) is 1.96. The molecular formula is C14H19N3S. The van der Waals surface area contributed by atoms with Gasteiger partial charge in [0.05, 0.1) is 17.9 Å². The molecule has 0 aliphatic heterocycles. The van der Waals surface area contributed by atoms with Crippen molar-refractivity contribution >= 4 is 11.8 Å². The van der Waals surface area contributed by atoms with E-state index in [0.29, 0.717) is 0 Å². The van der Waals surface area contributed by atoms with Crippen molar-refractivity contribution in [2.75, 3.05) is 11.5 Å². The fourth-order valence-corrected chi connectivity index (χ4v) is 2.60. The van der Waals surface area contributed by atoms with Crippen LogP contribution in [0.3, 0.4) is 0 Å². The maximum absolute atomic E-state index is 6.17. The minimum atomic E-state index is -0.00240. The molecule has 1 atom stereocenters. The molecule has 2 N–H and O–H groups in total. The van der Waals surface area contributed by atoms with E-state index in [-0.39, 0.29) is 6.04 Å². The van der Waals surface area contributed by atoms with E-state index in [4.69, 9.17) is 5.73 Å². The molecule has 2 rings (SSSR count). The highest BCUT2D eigenvalue weighted by Gasteiger charge is 2.14. The van der Waals surface area contributed by atoms with Gasteiger partial charge in [0.2, 0.25) is 0 Å². The Morgan fingerprint density at radius 1 is 1.33 bits per heavy atom. The molecule has 1 aromatic carbocycles. The van der Waals surface area contributed by atoms with Gasteiger partial charge in [0.1, 0.15) is 5.82 Å². The van der Waals surface area contributed by atoms with Crippen LogP contribution in [-0.4, -0.2) is 21.1 Å². The zero-order chi connectivity index (χ0) is 13.0. The van der Waals surface area contributed by atoms with Crippen molar-refractivity contribution in [1.82, 2.24) is 9.55 Å². The predicted molar refractivity (Wildman–Crippen MR) is 78.6 cm³/mol. The lowest BCUT2D eigenvalue weighted by Crippen LogP contribution is -2.18. The number of aromatic nitrogens is 2. The van der Waals surface area contributed by atoms with E-state index in [1.807, 2.05) is 43.2 Å². The van der Waals surface area contributed by atoms with Crippen LogP contribution >= 0.6 is 11.8 Å². The maximum Gasteiger partial charge on any atom is 0.126 e. The van der Waals surface area contributed by atoms with Crippen molar-refractivity contribution in [3.05, 3.63) is 42.4 Å². The van der Waals surface area contributed by atoms with Crippen LogP contribution in [-0.2, 0) is 7.05 Å². The van der Waals surface area contributed by atoms with E-state index >= 15 is 0 Å². The van der Waals surface area contributed by atoms with E-state index < -0.39 is 0 Å². The maximum atomic E-state index is 6.17. The second kappa shape index (κ2) is 6.07. The molecule has 0 unspecified atom stereocenters. The third kappa shape index (κ3) is 2.76. The summed E-state index contributed by atoms with van der Waals surface area (Å²) >= 11 is 1.85. The van der Waals surface area contributed by atoms with Crippen molar-refractivity contribution < 1.29 is 0 Å². The van der Waals surface area contributed by atoms with Crippen LogP contribution < -0.4 is 5.73 Å². The first-order valence-electron chi connectivity index (χ1n) is 6.14. The Hall–Kier alpha value is -1.26. The molecule has 2 aromatic rings. The van der Waals surface area contributed by atoms with Crippen LogP contribution in [0.5, 0.6) is 0 Å².